The Morgan fingerprint density at radius 1 is 1.09 bits per heavy atom. The van der Waals surface area contributed by atoms with Gasteiger partial charge in [-0.1, -0.05) is 23.7 Å². The summed E-state index contributed by atoms with van der Waals surface area (Å²) in [5.41, 5.74) is 5.13. The first kappa shape index (κ1) is 16.0. The summed E-state index contributed by atoms with van der Waals surface area (Å²) < 4.78 is 5.71. The van der Waals surface area contributed by atoms with E-state index in [0.717, 1.165) is 22.6 Å². The van der Waals surface area contributed by atoms with Crippen molar-refractivity contribution in [2.75, 3.05) is 0 Å². The maximum Gasteiger partial charge on any atom is 0.236 e. The molecule has 0 unspecified atom stereocenters. The van der Waals surface area contributed by atoms with Crippen LogP contribution in [0.5, 0.6) is 5.75 Å². The number of hydrogen-bond acceptors (Lipinski definition) is 3. The van der Waals surface area contributed by atoms with Gasteiger partial charge < -0.3 is 4.74 Å². The minimum absolute atomic E-state index is 0.192. The van der Waals surface area contributed by atoms with Crippen LogP contribution in [0.15, 0.2) is 53.6 Å². The van der Waals surface area contributed by atoms with Gasteiger partial charge in [-0.3, -0.25) is 4.79 Å². The van der Waals surface area contributed by atoms with Crippen LogP contribution in [0.2, 0.25) is 5.02 Å². The molecule has 0 aliphatic carbocycles. The van der Waals surface area contributed by atoms with Crippen molar-refractivity contribution >= 4 is 23.2 Å². The lowest BCUT2D eigenvalue weighted by Crippen LogP contribution is -2.14. The molecule has 2 aromatic rings. The van der Waals surface area contributed by atoms with Crippen LogP contribution in [-0.4, -0.2) is 11.6 Å². The minimum atomic E-state index is -0.192. The number of halogens is 1. The van der Waals surface area contributed by atoms with Gasteiger partial charge in [-0.05, 0) is 54.4 Å². The van der Waals surface area contributed by atoms with Crippen molar-refractivity contribution in [1.29, 1.82) is 0 Å². The Morgan fingerprint density at radius 2 is 1.73 bits per heavy atom. The Bertz CT molecular complexity index is 664. The molecule has 2 rings (SSSR count). The molecule has 2 aromatic carbocycles. The van der Waals surface area contributed by atoms with E-state index in [2.05, 4.69) is 10.5 Å². The van der Waals surface area contributed by atoms with E-state index in [-0.39, 0.29) is 5.91 Å². The molecule has 22 heavy (non-hydrogen) atoms. The molecule has 4 nitrogen and oxygen atoms in total. The quantitative estimate of drug-likeness (QED) is 0.674. The van der Waals surface area contributed by atoms with Crippen LogP contribution >= 0.6 is 11.6 Å². The van der Waals surface area contributed by atoms with Crippen molar-refractivity contribution in [2.24, 2.45) is 5.10 Å². The monoisotopic (exact) mass is 316 g/mol. The maximum atomic E-state index is 10.8. The summed E-state index contributed by atoms with van der Waals surface area (Å²) in [7, 11) is 0. The summed E-state index contributed by atoms with van der Waals surface area (Å²) in [5, 5.41) is 4.70. The fourth-order valence-corrected chi connectivity index (χ4v) is 1.89. The van der Waals surface area contributed by atoms with Gasteiger partial charge in [0.15, 0.2) is 0 Å². The molecular weight excluding hydrogens is 300 g/mol. The van der Waals surface area contributed by atoms with E-state index in [1.165, 1.54) is 6.92 Å². The van der Waals surface area contributed by atoms with Crippen LogP contribution in [-0.2, 0) is 11.4 Å². The van der Waals surface area contributed by atoms with Gasteiger partial charge in [-0.15, -0.1) is 0 Å². The molecule has 114 valence electrons. The number of carbonyl (C=O) groups is 1. The summed E-state index contributed by atoms with van der Waals surface area (Å²) >= 11 is 5.84. The first-order valence-electron chi connectivity index (χ1n) is 6.83. The van der Waals surface area contributed by atoms with Crippen molar-refractivity contribution in [2.45, 2.75) is 20.5 Å². The predicted octanol–water partition coefficient (Wildman–Crippen LogP) is 3.78. The van der Waals surface area contributed by atoms with E-state index in [0.29, 0.717) is 11.6 Å². The molecule has 0 fully saturated rings. The zero-order valence-corrected chi connectivity index (χ0v) is 13.2. The smallest absolute Gasteiger partial charge is 0.236 e. The van der Waals surface area contributed by atoms with Crippen LogP contribution in [0.4, 0.5) is 0 Å². The van der Waals surface area contributed by atoms with E-state index < -0.39 is 0 Å². The second kappa shape index (κ2) is 7.61. The summed E-state index contributed by atoms with van der Waals surface area (Å²) in [5.74, 6) is 0.577. The molecule has 0 saturated carbocycles. The Hall–Kier alpha value is -2.33. The highest BCUT2D eigenvalue weighted by Gasteiger charge is 2.00. The molecule has 0 spiro atoms. The molecule has 0 saturated heterocycles. The number of hydrazone groups is 1. The number of rotatable bonds is 5. The Balaban J connectivity index is 1.95. The van der Waals surface area contributed by atoms with E-state index in [9.17, 15) is 4.79 Å². The Kier molecular flexibility index (Phi) is 5.55. The third-order valence-corrected chi connectivity index (χ3v) is 3.22. The number of carbonyl (C=O) groups excluding carboxylic acids is 1. The van der Waals surface area contributed by atoms with Gasteiger partial charge in [-0.2, -0.15) is 5.10 Å². The molecular formula is C17H17ClN2O2. The Labute approximate surface area is 134 Å². The SMILES string of the molecule is CC(=O)N/N=C(/C)c1ccc(OCc2ccc(Cl)cc2)cc1. The lowest BCUT2D eigenvalue weighted by Gasteiger charge is -2.07. The molecule has 0 aliphatic rings. The zero-order valence-electron chi connectivity index (χ0n) is 12.5. The molecule has 0 radical (unpaired) electrons. The fraction of sp³-hybridized carbons (Fsp3) is 0.176. The van der Waals surface area contributed by atoms with E-state index >= 15 is 0 Å². The lowest BCUT2D eigenvalue weighted by molar-refractivity contribution is -0.118. The molecule has 1 amide bonds. The zero-order chi connectivity index (χ0) is 15.9. The largest absolute Gasteiger partial charge is 0.489 e. The fourth-order valence-electron chi connectivity index (χ4n) is 1.77. The van der Waals surface area contributed by atoms with Crippen molar-refractivity contribution < 1.29 is 9.53 Å². The van der Waals surface area contributed by atoms with Crippen molar-refractivity contribution in [3.63, 3.8) is 0 Å². The van der Waals surface area contributed by atoms with Crippen LogP contribution in [0, 0.1) is 0 Å². The van der Waals surface area contributed by atoms with Crippen LogP contribution in [0.3, 0.4) is 0 Å². The second-order valence-corrected chi connectivity index (χ2v) is 5.24. The van der Waals surface area contributed by atoms with Crippen LogP contribution < -0.4 is 10.2 Å². The van der Waals surface area contributed by atoms with Gasteiger partial charge in [0.25, 0.3) is 0 Å². The molecule has 0 heterocycles. The highest BCUT2D eigenvalue weighted by atomic mass is 35.5. The van der Waals surface area contributed by atoms with Gasteiger partial charge in [0.05, 0.1) is 5.71 Å². The first-order valence-corrected chi connectivity index (χ1v) is 7.21. The second-order valence-electron chi connectivity index (χ2n) is 4.80. The third kappa shape index (κ3) is 4.90. The minimum Gasteiger partial charge on any atom is -0.489 e. The van der Waals surface area contributed by atoms with E-state index in [1.54, 1.807) is 0 Å². The molecule has 1 N–H and O–H groups in total. The summed E-state index contributed by atoms with van der Waals surface area (Å²) in [6, 6.07) is 15.1. The summed E-state index contributed by atoms with van der Waals surface area (Å²) in [6.07, 6.45) is 0. The standard InChI is InChI=1S/C17H17ClN2O2/c1-12(19-20-13(2)21)15-5-9-17(10-6-15)22-11-14-3-7-16(18)8-4-14/h3-10H,11H2,1-2H3,(H,20,21)/b19-12-. The normalized spacial score (nSPS) is 11.1. The predicted molar refractivity (Wildman–Crippen MR) is 88.3 cm³/mol. The van der Waals surface area contributed by atoms with Crippen molar-refractivity contribution in [3.8, 4) is 5.75 Å². The molecule has 0 atom stereocenters. The van der Waals surface area contributed by atoms with Gasteiger partial charge in [-0.25, -0.2) is 5.43 Å². The van der Waals surface area contributed by atoms with Crippen molar-refractivity contribution in [3.05, 3.63) is 64.7 Å². The van der Waals surface area contributed by atoms with Gasteiger partial charge in [0.1, 0.15) is 12.4 Å². The third-order valence-electron chi connectivity index (χ3n) is 2.97. The number of ether oxygens (including phenoxy) is 1. The number of amides is 1. The number of hydrogen-bond donors (Lipinski definition) is 1. The Morgan fingerprint density at radius 3 is 2.32 bits per heavy atom. The highest BCUT2D eigenvalue weighted by molar-refractivity contribution is 6.30. The highest BCUT2D eigenvalue weighted by Crippen LogP contribution is 2.16. The molecule has 0 aliphatic heterocycles. The first-order chi connectivity index (χ1) is 10.5. The van der Waals surface area contributed by atoms with Gasteiger partial charge >= 0.3 is 0 Å². The molecule has 0 aromatic heterocycles. The van der Waals surface area contributed by atoms with Crippen molar-refractivity contribution in [1.82, 2.24) is 5.43 Å². The summed E-state index contributed by atoms with van der Waals surface area (Å²) in [6.45, 7) is 3.74. The van der Waals surface area contributed by atoms with Gasteiger partial charge in [0.2, 0.25) is 5.91 Å². The lowest BCUT2D eigenvalue weighted by atomic mass is 10.1. The molecule has 0 bridgehead atoms. The van der Waals surface area contributed by atoms with Crippen LogP contribution in [0.25, 0.3) is 0 Å². The van der Waals surface area contributed by atoms with E-state index in [1.807, 2.05) is 55.5 Å². The van der Waals surface area contributed by atoms with Crippen LogP contribution in [0.1, 0.15) is 25.0 Å². The maximum absolute atomic E-state index is 10.8. The topological polar surface area (TPSA) is 50.7 Å². The van der Waals surface area contributed by atoms with E-state index in [4.69, 9.17) is 16.3 Å². The van der Waals surface area contributed by atoms with Gasteiger partial charge in [0, 0.05) is 11.9 Å². The summed E-state index contributed by atoms with van der Waals surface area (Å²) in [4.78, 5) is 10.8. The number of nitrogens with one attached hydrogen (secondary N) is 1. The average molecular weight is 317 g/mol. The average Bonchev–Trinajstić information content (AvgIpc) is 2.52. The molecule has 5 heteroatoms. The number of nitrogens with zero attached hydrogens (tertiary/aromatic N) is 1. The number of benzene rings is 2.